The minimum atomic E-state index is -0.773. The van der Waals surface area contributed by atoms with Gasteiger partial charge in [-0.05, 0) is 32.8 Å². The molecule has 1 aliphatic carbocycles. The molecule has 0 unspecified atom stereocenters. The van der Waals surface area contributed by atoms with Crippen LogP contribution in [0.25, 0.3) is 0 Å². The van der Waals surface area contributed by atoms with Gasteiger partial charge >= 0.3 is 5.97 Å². The van der Waals surface area contributed by atoms with Gasteiger partial charge < -0.3 is 4.74 Å². The number of rotatable bonds is 4. The van der Waals surface area contributed by atoms with Gasteiger partial charge in [-0.2, -0.15) is 0 Å². The van der Waals surface area contributed by atoms with Crippen molar-refractivity contribution in [1.82, 2.24) is 0 Å². The zero-order valence-corrected chi connectivity index (χ0v) is 12.3. The highest BCUT2D eigenvalue weighted by Gasteiger charge is 2.60. The lowest BCUT2D eigenvalue weighted by Gasteiger charge is -2.22. The van der Waals surface area contributed by atoms with Crippen LogP contribution in [-0.4, -0.2) is 23.3 Å². The molecule has 1 aromatic rings. The van der Waals surface area contributed by atoms with E-state index in [1.165, 1.54) is 0 Å². The molecule has 2 rings (SSSR count). The number of hydrogen-bond acceptors (Lipinski definition) is 3. The topological polar surface area (TPSA) is 38.7 Å². The standard InChI is InChI=1S/C17H21NO2/c1-5-14-11-17(14,15(19)20-16(2,3)4)18-12-13-9-7-6-8-10-13/h5-10,12,14H,1,11H2,2-4H3/t14-,17-/m1/s1. The van der Waals surface area contributed by atoms with Crippen molar-refractivity contribution in [3.8, 4) is 0 Å². The van der Waals surface area contributed by atoms with E-state index in [1.807, 2.05) is 51.1 Å². The number of esters is 1. The van der Waals surface area contributed by atoms with Crippen LogP contribution < -0.4 is 0 Å². The van der Waals surface area contributed by atoms with Crippen molar-refractivity contribution in [2.24, 2.45) is 10.9 Å². The van der Waals surface area contributed by atoms with Crippen molar-refractivity contribution in [2.75, 3.05) is 0 Å². The van der Waals surface area contributed by atoms with E-state index in [-0.39, 0.29) is 11.9 Å². The van der Waals surface area contributed by atoms with Gasteiger partial charge in [0.25, 0.3) is 0 Å². The van der Waals surface area contributed by atoms with Gasteiger partial charge in [0.15, 0.2) is 5.54 Å². The molecule has 1 aromatic carbocycles. The summed E-state index contributed by atoms with van der Waals surface area (Å²) in [7, 11) is 0. The highest BCUT2D eigenvalue weighted by molar-refractivity contribution is 5.90. The zero-order chi connectivity index (χ0) is 14.8. The summed E-state index contributed by atoms with van der Waals surface area (Å²) in [5.41, 5.74) is -0.295. The number of carbonyl (C=O) groups is 1. The Balaban J connectivity index is 2.17. The minimum Gasteiger partial charge on any atom is -0.458 e. The third-order valence-corrected chi connectivity index (χ3v) is 3.26. The Bertz CT molecular complexity index is 528. The summed E-state index contributed by atoms with van der Waals surface area (Å²) in [5.74, 6) is -0.195. The molecule has 106 valence electrons. The fourth-order valence-electron chi connectivity index (χ4n) is 2.09. The highest BCUT2D eigenvalue weighted by Crippen LogP contribution is 2.49. The molecule has 0 saturated heterocycles. The van der Waals surface area contributed by atoms with Crippen LogP contribution in [0.3, 0.4) is 0 Å². The molecule has 3 heteroatoms. The van der Waals surface area contributed by atoms with Crippen LogP contribution in [0.15, 0.2) is 48.0 Å². The third-order valence-electron chi connectivity index (χ3n) is 3.26. The highest BCUT2D eigenvalue weighted by atomic mass is 16.6. The van der Waals surface area contributed by atoms with Gasteiger partial charge in [0.2, 0.25) is 0 Å². The molecule has 0 N–H and O–H groups in total. The average molecular weight is 271 g/mol. The molecule has 0 aliphatic heterocycles. The van der Waals surface area contributed by atoms with Crippen molar-refractivity contribution in [1.29, 1.82) is 0 Å². The molecule has 1 saturated carbocycles. The van der Waals surface area contributed by atoms with E-state index >= 15 is 0 Å². The molecule has 1 aliphatic rings. The van der Waals surface area contributed by atoms with Crippen LogP contribution in [0.5, 0.6) is 0 Å². The molecule has 3 nitrogen and oxygen atoms in total. The van der Waals surface area contributed by atoms with Crippen LogP contribution in [0.2, 0.25) is 0 Å². The van der Waals surface area contributed by atoms with E-state index in [1.54, 1.807) is 12.3 Å². The van der Waals surface area contributed by atoms with Gasteiger partial charge in [-0.3, -0.25) is 4.99 Å². The molecule has 0 radical (unpaired) electrons. The van der Waals surface area contributed by atoms with E-state index in [9.17, 15) is 4.79 Å². The summed E-state index contributed by atoms with van der Waals surface area (Å²) in [6, 6.07) is 9.75. The van der Waals surface area contributed by atoms with Gasteiger partial charge in [-0.25, -0.2) is 4.79 Å². The molecule has 1 fully saturated rings. The summed E-state index contributed by atoms with van der Waals surface area (Å²) in [4.78, 5) is 16.9. The fraction of sp³-hybridized carbons (Fsp3) is 0.412. The average Bonchev–Trinajstić information content (AvgIpc) is 3.11. The third kappa shape index (κ3) is 3.16. The Morgan fingerprint density at radius 1 is 1.40 bits per heavy atom. The van der Waals surface area contributed by atoms with Crippen LogP contribution in [0.4, 0.5) is 0 Å². The van der Waals surface area contributed by atoms with Gasteiger partial charge in [0.05, 0.1) is 0 Å². The first-order valence-electron chi connectivity index (χ1n) is 6.84. The van der Waals surface area contributed by atoms with Crippen molar-refractivity contribution in [2.45, 2.75) is 38.3 Å². The monoisotopic (exact) mass is 271 g/mol. The van der Waals surface area contributed by atoms with Crippen molar-refractivity contribution in [3.05, 3.63) is 48.6 Å². The molecule has 0 spiro atoms. The van der Waals surface area contributed by atoms with Crippen LogP contribution in [0.1, 0.15) is 32.8 Å². The first-order chi connectivity index (χ1) is 9.37. The summed E-state index contributed by atoms with van der Waals surface area (Å²) < 4.78 is 5.49. The Hall–Kier alpha value is -1.90. The van der Waals surface area contributed by atoms with Gasteiger partial charge in [0, 0.05) is 12.1 Å². The number of nitrogens with zero attached hydrogens (tertiary/aromatic N) is 1. The lowest BCUT2D eigenvalue weighted by Crippen LogP contribution is -2.33. The van der Waals surface area contributed by atoms with Gasteiger partial charge in [0.1, 0.15) is 5.60 Å². The quantitative estimate of drug-likeness (QED) is 0.478. The maximum absolute atomic E-state index is 12.3. The first-order valence-corrected chi connectivity index (χ1v) is 6.84. The van der Waals surface area contributed by atoms with Crippen molar-refractivity contribution in [3.63, 3.8) is 0 Å². The van der Waals surface area contributed by atoms with Crippen LogP contribution >= 0.6 is 0 Å². The fourth-order valence-corrected chi connectivity index (χ4v) is 2.09. The van der Waals surface area contributed by atoms with Crippen LogP contribution in [0, 0.1) is 5.92 Å². The largest absolute Gasteiger partial charge is 0.458 e. The number of carbonyl (C=O) groups excluding carboxylic acids is 1. The summed E-state index contributed by atoms with van der Waals surface area (Å²) in [5, 5.41) is 0. The summed E-state index contributed by atoms with van der Waals surface area (Å²) in [6.45, 7) is 9.37. The van der Waals surface area contributed by atoms with Gasteiger partial charge in [-0.1, -0.05) is 36.4 Å². The minimum absolute atomic E-state index is 0.0670. The van der Waals surface area contributed by atoms with Crippen LogP contribution in [-0.2, 0) is 9.53 Å². The second-order valence-electron chi connectivity index (χ2n) is 6.14. The summed E-state index contributed by atoms with van der Waals surface area (Å²) >= 11 is 0. The lowest BCUT2D eigenvalue weighted by atomic mass is 10.1. The Morgan fingerprint density at radius 2 is 2.05 bits per heavy atom. The van der Waals surface area contributed by atoms with Crippen molar-refractivity contribution >= 4 is 12.2 Å². The molecule has 0 bridgehead atoms. The Kier molecular flexibility index (Phi) is 3.80. The van der Waals surface area contributed by atoms with E-state index in [0.717, 1.165) is 5.56 Å². The molecule has 0 heterocycles. The molecule has 20 heavy (non-hydrogen) atoms. The maximum atomic E-state index is 12.3. The molecule has 2 atom stereocenters. The van der Waals surface area contributed by atoms with E-state index < -0.39 is 11.1 Å². The molecule has 0 aromatic heterocycles. The predicted octanol–water partition coefficient (Wildman–Crippen LogP) is 3.39. The molecular weight excluding hydrogens is 250 g/mol. The normalized spacial score (nSPS) is 25.4. The van der Waals surface area contributed by atoms with E-state index in [0.29, 0.717) is 6.42 Å². The second-order valence-corrected chi connectivity index (χ2v) is 6.14. The Labute approximate surface area is 120 Å². The predicted molar refractivity (Wildman–Crippen MR) is 80.9 cm³/mol. The number of aliphatic imine (C=N–C) groups is 1. The second kappa shape index (κ2) is 5.23. The van der Waals surface area contributed by atoms with E-state index in [2.05, 4.69) is 11.6 Å². The SMILES string of the molecule is C=C[C@@H]1C[C@]1(N=Cc1ccccc1)C(=O)OC(C)(C)C. The lowest BCUT2D eigenvalue weighted by molar-refractivity contribution is -0.157. The maximum Gasteiger partial charge on any atom is 0.335 e. The van der Waals surface area contributed by atoms with Crippen molar-refractivity contribution < 1.29 is 9.53 Å². The first kappa shape index (κ1) is 14.5. The molecule has 0 amide bonds. The van der Waals surface area contributed by atoms with E-state index in [4.69, 9.17) is 4.74 Å². The number of ether oxygens (including phenoxy) is 1. The summed E-state index contributed by atoms with van der Waals surface area (Å²) in [6.07, 6.45) is 4.20. The molecular formula is C17H21NO2. The zero-order valence-electron chi connectivity index (χ0n) is 12.3. The Morgan fingerprint density at radius 3 is 2.55 bits per heavy atom. The number of benzene rings is 1. The van der Waals surface area contributed by atoms with Gasteiger partial charge in [-0.15, -0.1) is 6.58 Å². The number of hydrogen-bond donors (Lipinski definition) is 0. The smallest absolute Gasteiger partial charge is 0.335 e.